The van der Waals surface area contributed by atoms with Gasteiger partial charge in [0.25, 0.3) is 0 Å². The molecule has 2 aromatic carbocycles. The molecule has 0 aliphatic carbocycles. The molecule has 0 fully saturated rings. The Morgan fingerprint density at radius 1 is 1.19 bits per heavy atom. The Labute approximate surface area is 162 Å². The zero-order valence-corrected chi connectivity index (χ0v) is 15.8. The quantitative estimate of drug-likeness (QED) is 0.599. The second-order valence-electron chi connectivity index (χ2n) is 5.96. The van der Waals surface area contributed by atoms with Crippen LogP contribution in [-0.4, -0.2) is 23.6 Å². The average molecular weight is 387 g/mol. The van der Waals surface area contributed by atoms with Crippen molar-refractivity contribution in [2.75, 3.05) is 24.3 Å². The first-order chi connectivity index (χ1) is 13.1. The van der Waals surface area contributed by atoms with Crippen LogP contribution in [0.15, 0.2) is 48.7 Å². The number of hydrogen-bond acceptors (Lipinski definition) is 5. The number of benzene rings is 2. The van der Waals surface area contributed by atoms with E-state index < -0.39 is 0 Å². The lowest BCUT2D eigenvalue weighted by molar-refractivity contribution is 0.416. The van der Waals surface area contributed by atoms with Crippen LogP contribution in [0, 0.1) is 12.7 Å². The Bertz CT molecular complexity index is 936. The zero-order chi connectivity index (χ0) is 19.2. The van der Waals surface area contributed by atoms with Crippen molar-refractivity contribution in [3.05, 3.63) is 70.6 Å². The van der Waals surface area contributed by atoms with Gasteiger partial charge in [-0.05, 0) is 42.7 Å². The molecule has 140 valence electrons. The molecule has 0 spiro atoms. The molecule has 1 heterocycles. The fourth-order valence-corrected chi connectivity index (χ4v) is 2.75. The predicted octanol–water partition coefficient (Wildman–Crippen LogP) is 4.98. The highest BCUT2D eigenvalue weighted by molar-refractivity contribution is 6.31. The van der Waals surface area contributed by atoms with E-state index in [2.05, 4.69) is 20.6 Å². The van der Waals surface area contributed by atoms with E-state index in [1.54, 1.807) is 37.6 Å². The molecule has 0 aliphatic heterocycles. The molecule has 0 aliphatic rings. The number of nitrogens with zero attached hydrogens (tertiary/aromatic N) is 2. The van der Waals surface area contributed by atoms with Gasteiger partial charge in [-0.15, -0.1) is 0 Å². The third kappa shape index (κ3) is 4.86. The van der Waals surface area contributed by atoms with Crippen LogP contribution in [0.2, 0.25) is 5.02 Å². The minimum Gasteiger partial charge on any atom is -0.495 e. The Balaban J connectivity index is 1.67. The number of halogens is 2. The van der Waals surface area contributed by atoms with Crippen molar-refractivity contribution >= 4 is 29.1 Å². The van der Waals surface area contributed by atoms with E-state index in [1.165, 1.54) is 6.07 Å². The molecule has 0 saturated carbocycles. The molecular formula is C20H20ClFN4O. The summed E-state index contributed by atoms with van der Waals surface area (Å²) in [5, 5.41) is 6.96. The lowest BCUT2D eigenvalue weighted by atomic mass is 10.1. The minimum atomic E-state index is -0.208. The molecule has 0 saturated heterocycles. The van der Waals surface area contributed by atoms with Crippen LogP contribution in [0.1, 0.15) is 11.1 Å². The summed E-state index contributed by atoms with van der Waals surface area (Å²) in [5.41, 5.74) is 2.34. The summed E-state index contributed by atoms with van der Waals surface area (Å²) in [4.78, 5) is 8.63. The van der Waals surface area contributed by atoms with E-state index in [0.29, 0.717) is 41.1 Å². The van der Waals surface area contributed by atoms with Gasteiger partial charge < -0.3 is 15.4 Å². The van der Waals surface area contributed by atoms with E-state index in [9.17, 15) is 4.39 Å². The van der Waals surface area contributed by atoms with Crippen molar-refractivity contribution in [3.63, 3.8) is 0 Å². The van der Waals surface area contributed by atoms with Crippen LogP contribution < -0.4 is 15.4 Å². The van der Waals surface area contributed by atoms with E-state index in [0.717, 1.165) is 11.3 Å². The Morgan fingerprint density at radius 2 is 2.00 bits per heavy atom. The smallest absolute Gasteiger partial charge is 0.224 e. The van der Waals surface area contributed by atoms with Gasteiger partial charge in [0, 0.05) is 23.8 Å². The summed E-state index contributed by atoms with van der Waals surface area (Å²) in [6.45, 7) is 2.44. The van der Waals surface area contributed by atoms with E-state index in [-0.39, 0.29) is 5.82 Å². The molecule has 1 aromatic heterocycles. The van der Waals surface area contributed by atoms with Crippen LogP contribution in [-0.2, 0) is 6.42 Å². The number of anilines is 3. The molecule has 5 nitrogen and oxygen atoms in total. The van der Waals surface area contributed by atoms with E-state index >= 15 is 0 Å². The number of ether oxygens (including phenoxy) is 1. The van der Waals surface area contributed by atoms with Crippen molar-refractivity contribution in [2.45, 2.75) is 13.3 Å². The number of aromatic nitrogens is 2. The summed E-state index contributed by atoms with van der Waals surface area (Å²) in [5.74, 6) is 1.48. The van der Waals surface area contributed by atoms with Crippen molar-refractivity contribution < 1.29 is 9.13 Å². The maximum Gasteiger partial charge on any atom is 0.224 e. The van der Waals surface area contributed by atoms with Crippen molar-refractivity contribution in [1.82, 2.24) is 9.97 Å². The number of aryl methyl sites for hydroxylation is 1. The lowest BCUT2D eigenvalue weighted by Crippen LogP contribution is -2.09. The highest BCUT2D eigenvalue weighted by Gasteiger charge is 2.09. The van der Waals surface area contributed by atoms with Crippen LogP contribution in [0.3, 0.4) is 0 Å². The first-order valence-electron chi connectivity index (χ1n) is 8.48. The van der Waals surface area contributed by atoms with Gasteiger partial charge in [0.2, 0.25) is 5.95 Å². The van der Waals surface area contributed by atoms with Crippen LogP contribution in [0.25, 0.3) is 0 Å². The largest absolute Gasteiger partial charge is 0.495 e. The Morgan fingerprint density at radius 3 is 2.78 bits per heavy atom. The summed E-state index contributed by atoms with van der Waals surface area (Å²) in [6.07, 6.45) is 2.19. The maximum atomic E-state index is 13.7. The minimum absolute atomic E-state index is 0.208. The van der Waals surface area contributed by atoms with Crippen molar-refractivity contribution in [2.24, 2.45) is 0 Å². The third-order valence-corrected chi connectivity index (χ3v) is 4.44. The standard InChI is InChI=1S/C20H20ClFN4O/c1-13-11-17(18(27-2)12-15(13)21)25-19-8-10-24-20(26-19)23-9-7-14-5-3-4-6-16(14)22/h3-6,8,10-12H,7,9H2,1-2H3,(H2,23,24,25,26). The Kier molecular flexibility index (Phi) is 6.08. The second kappa shape index (κ2) is 8.68. The van der Waals surface area contributed by atoms with E-state index in [1.807, 2.05) is 19.1 Å². The summed E-state index contributed by atoms with van der Waals surface area (Å²) < 4.78 is 19.0. The van der Waals surface area contributed by atoms with Gasteiger partial charge in [-0.25, -0.2) is 9.37 Å². The number of rotatable bonds is 7. The lowest BCUT2D eigenvalue weighted by Gasteiger charge is -2.13. The van der Waals surface area contributed by atoms with E-state index in [4.69, 9.17) is 16.3 Å². The monoisotopic (exact) mass is 386 g/mol. The number of hydrogen-bond donors (Lipinski definition) is 2. The number of nitrogens with one attached hydrogen (secondary N) is 2. The van der Waals surface area contributed by atoms with Gasteiger partial charge in [-0.3, -0.25) is 0 Å². The molecule has 0 amide bonds. The van der Waals surface area contributed by atoms with Gasteiger partial charge in [0.15, 0.2) is 0 Å². The first kappa shape index (κ1) is 18.9. The molecule has 7 heteroatoms. The SMILES string of the molecule is COc1cc(Cl)c(C)cc1Nc1ccnc(NCCc2ccccc2F)n1. The molecule has 2 N–H and O–H groups in total. The highest BCUT2D eigenvalue weighted by atomic mass is 35.5. The molecule has 0 bridgehead atoms. The molecular weight excluding hydrogens is 367 g/mol. The molecule has 3 rings (SSSR count). The van der Waals surface area contributed by atoms with Gasteiger partial charge in [-0.1, -0.05) is 29.8 Å². The van der Waals surface area contributed by atoms with Crippen LogP contribution in [0.4, 0.5) is 21.8 Å². The average Bonchev–Trinajstić information content (AvgIpc) is 2.66. The third-order valence-electron chi connectivity index (χ3n) is 4.03. The second-order valence-corrected chi connectivity index (χ2v) is 6.37. The summed E-state index contributed by atoms with van der Waals surface area (Å²) in [7, 11) is 1.59. The molecule has 0 radical (unpaired) electrons. The van der Waals surface area contributed by atoms with Crippen molar-refractivity contribution in [1.29, 1.82) is 0 Å². The molecule has 0 unspecified atom stereocenters. The maximum absolute atomic E-state index is 13.7. The van der Waals surface area contributed by atoms with Gasteiger partial charge >= 0.3 is 0 Å². The first-order valence-corrected chi connectivity index (χ1v) is 8.86. The summed E-state index contributed by atoms with van der Waals surface area (Å²) in [6, 6.07) is 12.1. The van der Waals surface area contributed by atoms with Gasteiger partial charge in [-0.2, -0.15) is 4.98 Å². The zero-order valence-electron chi connectivity index (χ0n) is 15.1. The normalized spacial score (nSPS) is 10.5. The number of methoxy groups -OCH3 is 1. The van der Waals surface area contributed by atoms with Crippen LogP contribution >= 0.6 is 11.6 Å². The molecule has 3 aromatic rings. The Hall–Kier alpha value is -2.86. The summed E-state index contributed by atoms with van der Waals surface area (Å²) >= 11 is 6.14. The topological polar surface area (TPSA) is 59.1 Å². The fraction of sp³-hybridized carbons (Fsp3) is 0.200. The van der Waals surface area contributed by atoms with Gasteiger partial charge in [0.1, 0.15) is 17.4 Å². The molecule has 27 heavy (non-hydrogen) atoms. The molecule has 0 atom stereocenters. The highest BCUT2D eigenvalue weighted by Crippen LogP contribution is 2.32. The fourth-order valence-electron chi connectivity index (χ4n) is 2.59. The van der Waals surface area contributed by atoms with Crippen molar-refractivity contribution in [3.8, 4) is 5.75 Å². The van der Waals surface area contributed by atoms with Crippen LogP contribution in [0.5, 0.6) is 5.75 Å². The predicted molar refractivity (Wildman–Crippen MR) is 107 cm³/mol. The van der Waals surface area contributed by atoms with Gasteiger partial charge in [0.05, 0.1) is 12.8 Å².